The number of hydrogen-bond acceptors (Lipinski definition) is 3. The number of nitriles is 1. The van der Waals surface area contributed by atoms with Crippen molar-refractivity contribution in [1.29, 1.82) is 5.26 Å². The Bertz CT molecular complexity index is 527. The van der Waals surface area contributed by atoms with E-state index in [-0.39, 0.29) is 10.8 Å². The quantitative estimate of drug-likeness (QED) is 0.821. The Labute approximate surface area is 109 Å². The van der Waals surface area contributed by atoms with Gasteiger partial charge in [-0.2, -0.15) is 9.57 Å². The topological polar surface area (TPSA) is 61.2 Å². The lowest BCUT2D eigenvalue weighted by Crippen LogP contribution is -2.34. The van der Waals surface area contributed by atoms with Gasteiger partial charge in [0.15, 0.2) is 0 Å². The summed E-state index contributed by atoms with van der Waals surface area (Å²) in [5.41, 5.74) is 0.459. The predicted octanol–water partition coefficient (Wildman–Crippen LogP) is 2.22. The molecule has 5 heteroatoms. The Balaban J connectivity index is 3.07. The third-order valence-corrected chi connectivity index (χ3v) is 4.50. The lowest BCUT2D eigenvalue weighted by Gasteiger charge is -2.22. The summed E-state index contributed by atoms with van der Waals surface area (Å²) in [6.45, 7) is 6.73. The summed E-state index contributed by atoms with van der Waals surface area (Å²) < 4.78 is 26.1. The smallest absolute Gasteiger partial charge is 0.207 e. The van der Waals surface area contributed by atoms with E-state index in [1.165, 1.54) is 28.6 Å². The molecule has 0 aliphatic heterocycles. The third kappa shape index (κ3) is 3.31. The van der Waals surface area contributed by atoms with Crippen LogP contribution in [-0.4, -0.2) is 25.8 Å². The number of benzene rings is 1. The van der Waals surface area contributed by atoms with Gasteiger partial charge in [-0.3, -0.25) is 0 Å². The standard InChI is InChI=1S/C13H18N2O2S/c1-4-15(10-11(2)3)18(16,17)13-7-5-12(9-14)6-8-13/h5-8,11H,4,10H2,1-3H3. The van der Waals surface area contributed by atoms with Crippen molar-refractivity contribution >= 4 is 10.0 Å². The molecule has 0 radical (unpaired) electrons. The zero-order valence-corrected chi connectivity index (χ0v) is 11.7. The zero-order chi connectivity index (χ0) is 13.8. The highest BCUT2D eigenvalue weighted by molar-refractivity contribution is 7.89. The van der Waals surface area contributed by atoms with E-state index in [0.29, 0.717) is 18.7 Å². The van der Waals surface area contributed by atoms with E-state index >= 15 is 0 Å². The molecule has 0 aromatic heterocycles. The summed E-state index contributed by atoms with van der Waals surface area (Å²) in [6, 6.07) is 7.99. The van der Waals surface area contributed by atoms with Crippen LogP contribution in [0.5, 0.6) is 0 Å². The highest BCUT2D eigenvalue weighted by atomic mass is 32.2. The van der Waals surface area contributed by atoms with Crippen molar-refractivity contribution in [2.45, 2.75) is 25.7 Å². The van der Waals surface area contributed by atoms with Crippen LogP contribution >= 0.6 is 0 Å². The van der Waals surface area contributed by atoms with Gasteiger partial charge >= 0.3 is 0 Å². The minimum Gasteiger partial charge on any atom is -0.207 e. The number of nitrogens with zero attached hydrogens (tertiary/aromatic N) is 2. The first-order chi connectivity index (χ1) is 8.41. The fraction of sp³-hybridized carbons (Fsp3) is 0.462. The fourth-order valence-corrected chi connectivity index (χ4v) is 3.27. The molecule has 18 heavy (non-hydrogen) atoms. The van der Waals surface area contributed by atoms with Crippen LogP contribution in [0.1, 0.15) is 26.3 Å². The van der Waals surface area contributed by atoms with Crippen molar-refractivity contribution in [2.24, 2.45) is 5.92 Å². The molecule has 98 valence electrons. The minimum absolute atomic E-state index is 0.240. The highest BCUT2D eigenvalue weighted by Gasteiger charge is 2.23. The molecule has 4 nitrogen and oxygen atoms in total. The van der Waals surface area contributed by atoms with Crippen molar-refractivity contribution in [3.05, 3.63) is 29.8 Å². The number of hydrogen-bond donors (Lipinski definition) is 0. The molecular formula is C13H18N2O2S. The molecule has 0 heterocycles. The van der Waals surface area contributed by atoms with Crippen LogP contribution in [0.3, 0.4) is 0 Å². The molecule has 0 bridgehead atoms. The minimum atomic E-state index is -3.45. The molecule has 0 saturated carbocycles. The molecule has 0 atom stereocenters. The maximum atomic E-state index is 12.3. The third-order valence-electron chi connectivity index (χ3n) is 2.54. The van der Waals surface area contributed by atoms with Gasteiger partial charge in [-0.15, -0.1) is 0 Å². The average molecular weight is 266 g/mol. The maximum Gasteiger partial charge on any atom is 0.243 e. The molecule has 0 aliphatic carbocycles. The molecule has 0 saturated heterocycles. The van der Waals surface area contributed by atoms with Crippen LogP contribution in [0.4, 0.5) is 0 Å². The summed E-state index contributed by atoms with van der Waals surface area (Å²) in [5, 5.41) is 8.70. The fourth-order valence-electron chi connectivity index (χ4n) is 1.65. The summed E-state index contributed by atoms with van der Waals surface area (Å²) in [7, 11) is -3.45. The van der Waals surface area contributed by atoms with E-state index in [9.17, 15) is 8.42 Å². The molecule has 1 aromatic carbocycles. The monoisotopic (exact) mass is 266 g/mol. The van der Waals surface area contributed by atoms with Crippen LogP contribution in [0, 0.1) is 17.2 Å². The van der Waals surface area contributed by atoms with E-state index in [4.69, 9.17) is 5.26 Å². The summed E-state index contributed by atoms with van der Waals surface area (Å²) in [4.78, 5) is 0.240. The van der Waals surface area contributed by atoms with Gasteiger partial charge in [0, 0.05) is 13.1 Å². The normalized spacial score (nSPS) is 11.8. The Morgan fingerprint density at radius 1 is 1.28 bits per heavy atom. The molecule has 0 aliphatic rings. The van der Waals surface area contributed by atoms with Crippen molar-refractivity contribution in [3.8, 4) is 6.07 Å². The molecule has 1 aromatic rings. The van der Waals surface area contributed by atoms with E-state index in [1.807, 2.05) is 26.8 Å². The van der Waals surface area contributed by atoms with Crippen LogP contribution in [-0.2, 0) is 10.0 Å². The second kappa shape index (κ2) is 5.98. The van der Waals surface area contributed by atoms with Gasteiger partial charge in [0.25, 0.3) is 0 Å². The van der Waals surface area contributed by atoms with Crippen LogP contribution in [0.15, 0.2) is 29.2 Å². The Hall–Kier alpha value is -1.38. The SMILES string of the molecule is CCN(CC(C)C)S(=O)(=O)c1ccc(C#N)cc1. The van der Waals surface area contributed by atoms with Gasteiger partial charge in [-0.05, 0) is 30.2 Å². The molecule has 1 rings (SSSR count). The lowest BCUT2D eigenvalue weighted by atomic mass is 10.2. The first-order valence-electron chi connectivity index (χ1n) is 5.92. The summed E-state index contributed by atoms with van der Waals surface area (Å²) >= 11 is 0. The van der Waals surface area contributed by atoms with Crippen molar-refractivity contribution in [2.75, 3.05) is 13.1 Å². The van der Waals surface area contributed by atoms with Crippen LogP contribution in [0.2, 0.25) is 0 Å². The van der Waals surface area contributed by atoms with Crippen LogP contribution < -0.4 is 0 Å². The largest absolute Gasteiger partial charge is 0.243 e. The van der Waals surface area contributed by atoms with Crippen LogP contribution in [0.25, 0.3) is 0 Å². The van der Waals surface area contributed by atoms with Crippen molar-refractivity contribution < 1.29 is 8.42 Å². The number of sulfonamides is 1. The zero-order valence-electron chi connectivity index (χ0n) is 10.9. The van der Waals surface area contributed by atoms with Gasteiger partial charge in [0.05, 0.1) is 16.5 Å². The molecule has 0 spiro atoms. The Kier molecular flexibility index (Phi) is 4.88. The van der Waals surface area contributed by atoms with Gasteiger partial charge in [0.2, 0.25) is 10.0 Å². The molecule has 0 N–H and O–H groups in total. The first-order valence-corrected chi connectivity index (χ1v) is 7.36. The van der Waals surface area contributed by atoms with Crippen molar-refractivity contribution in [3.63, 3.8) is 0 Å². The molecule has 0 amide bonds. The van der Waals surface area contributed by atoms with E-state index < -0.39 is 10.0 Å². The van der Waals surface area contributed by atoms with Gasteiger partial charge in [0.1, 0.15) is 0 Å². The maximum absolute atomic E-state index is 12.3. The second-order valence-electron chi connectivity index (χ2n) is 4.49. The summed E-state index contributed by atoms with van der Waals surface area (Å²) in [5.74, 6) is 0.276. The first kappa shape index (κ1) is 14.7. The van der Waals surface area contributed by atoms with Crippen molar-refractivity contribution in [1.82, 2.24) is 4.31 Å². The highest BCUT2D eigenvalue weighted by Crippen LogP contribution is 2.17. The van der Waals surface area contributed by atoms with Gasteiger partial charge in [-0.25, -0.2) is 8.42 Å². The number of rotatable bonds is 5. The average Bonchev–Trinajstić information content (AvgIpc) is 2.35. The van der Waals surface area contributed by atoms with E-state index in [0.717, 1.165) is 0 Å². The molecular weight excluding hydrogens is 248 g/mol. The van der Waals surface area contributed by atoms with Gasteiger partial charge in [-0.1, -0.05) is 20.8 Å². The predicted molar refractivity (Wildman–Crippen MR) is 70.4 cm³/mol. The van der Waals surface area contributed by atoms with Gasteiger partial charge < -0.3 is 0 Å². The van der Waals surface area contributed by atoms with E-state index in [1.54, 1.807) is 0 Å². The Morgan fingerprint density at radius 3 is 2.22 bits per heavy atom. The Morgan fingerprint density at radius 2 is 1.83 bits per heavy atom. The molecule has 0 fully saturated rings. The summed E-state index contributed by atoms with van der Waals surface area (Å²) in [6.07, 6.45) is 0. The second-order valence-corrected chi connectivity index (χ2v) is 6.42. The molecule has 0 unspecified atom stereocenters. The lowest BCUT2D eigenvalue weighted by molar-refractivity contribution is 0.381. The van der Waals surface area contributed by atoms with E-state index in [2.05, 4.69) is 0 Å².